The van der Waals surface area contributed by atoms with Crippen LogP contribution in [-0.2, 0) is 0 Å². The molecule has 2 aliphatic carbocycles. The highest BCUT2D eigenvalue weighted by Crippen LogP contribution is 2.49. The van der Waals surface area contributed by atoms with Gasteiger partial charge < -0.3 is 11.5 Å². The summed E-state index contributed by atoms with van der Waals surface area (Å²) in [7, 11) is 0. The van der Waals surface area contributed by atoms with E-state index in [1.165, 1.54) is 25.7 Å². The van der Waals surface area contributed by atoms with Gasteiger partial charge in [0.15, 0.2) is 5.96 Å². The number of hydrogen-bond donors (Lipinski definition) is 2. The molecular weight excluding hydrogens is 150 g/mol. The van der Waals surface area contributed by atoms with Gasteiger partial charge in [0.1, 0.15) is 0 Å². The minimum Gasteiger partial charge on any atom is -0.370 e. The summed E-state index contributed by atoms with van der Waals surface area (Å²) < 4.78 is 0. The number of nitrogens with two attached hydrogens (primary N) is 2. The van der Waals surface area contributed by atoms with E-state index in [-0.39, 0.29) is 5.96 Å². The molecule has 68 valence electrons. The standard InChI is InChI=1S/C9H17N3/c10-9(11)12-5-8(6-1-2-6)7-3-4-7/h6-8H,1-5H2,(H4,10,11,12). The number of rotatable bonds is 4. The van der Waals surface area contributed by atoms with E-state index in [4.69, 9.17) is 11.5 Å². The van der Waals surface area contributed by atoms with E-state index in [2.05, 4.69) is 4.99 Å². The van der Waals surface area contributed by atoms with Crippen molar-refractivity contribution >= 4 is 5.96 Å². The lowest BCUT2D eigenvalue weighted by Gasteiger charge is -2.11. The van der Waals surface area contributed by atoms with Crippen molar-refractivity contribution in [2.75, 3.05) is 6.54 Å². The van der Waals surface area contributed by atoms with Crippen LogP contribution in [0.15, 0.2) is 4.99 Å². The molecule has 0 atom stereocenters. The Balaban J connectivity index is 1.84. The highest BCUT2D eigenvalue weighted by atomic mass is 15.0. The van der Waals surface area contributed by atoms with Crippen molar-refractivity contribution < 1.29 is 0 Å². The minimum atomic E-state index is 0.251. The van der Waals surface area contributed by atoms with Crippen LogP contribution in [0.4, 0.5) is 0 Å². The molecule has 4 N–H and O–H groups in total. The van der Waals surface area contributed by atoms with E-state index < -0.39 is 0 Å². The van der Waals surface area contributed by atoms with Crippen molar-refractivity contribution in [2.45, 2.75) is 25.7 Å². The lowest BCUT2D eigenvalue weighted by molar-refractivity contribution is 0.418. The van der Waals surface area contributed by atoms with Crippen LogP contribution in [0.25, 0.3) is 0 Å². The van der Waals surface area contributed by atoms with Gasteiger partial charge in [-0.2, -0.15) is 0 Å². The van der Waals surface area contributed by atoms with Crippen molar-refractivity contribution in [3.05, 3.63) is 0 Å². The molecule has 0 unspecified atom stereocenters. The van der Waals surface area contributed by atoms with Crippen LogP contribution in [0.5, 0.6) is 0 Å². The molecule has 0 saturated heterocycles. The van der Waals surface area contributed by atoms with Crippen molar-refractivity contribution in [1.82, 2.24) is 0 Å². The zero-order chi connectivity index (χ0) is 8.55. The summed E-state index contributed by atoms with van der Waals surface area (Å²) in [6, 6.07) is 0. The van der Waals surface area contributed by atoms with Crippen LogP contribution in [-0.4, -0.2) is 12.5 Å². The minimum absolute atomic E-state index is 0.251. The first-order valence-corrected chi connectivity index (χ1v) is 4.83. The fourth-order valence-electron chi connectivity index (χ4n) is 1.94. The second-order valence-electron chi connectivity index (χ2n) is 4.10. The fraction of sp³-hybridized carbons (Fsp3) is 0.889. The van der Waals surface area contributed by atoms with Crippen LogP contribution < -0.4 is 11.5 Å². The fourth-order valence-corrected chi connectivity index (χ4v) is 1.94. The average Bonchev–Trinajstić information content (AvgIpc) is 2.83. The first-order chi connectivity index (χ1) is 5.77. The Hall–Kier alpha value is -0.730. The smallest absolute Gasteiger partial charge is 0.185 e. The first-order valence-electron chi connectivity index (χ1n) is 4.83. The van der Waals surface area contributed by atoms with Gasteiger partial charge >= 0.3 is 0 Å². The predicted molar refractivity (Wildman–Crippen MR) is 49.6 cm³/mol. The molecule has 2 aliphatic rings. The molecule has 0 aliphatic heterocycles. The quantitative estimate of drug-likeness (QED) is 0.478. The molecule has 0 spiro atoms. The van der Waals surface area contributed by atoms with Crippen LogP contribution >= 0.6 is 0 Å². The van der Waals surface area contributed by atoms with E-state index in [1.54, 1.807) is 0 Å². The third-order valence-electron chi connectivity index (χ3n) is 2.94. The van der Waals surface area contributed by atoms with Gasteiger partial charge in [-0.05, 0) is 43.4 Å². The first kappa shape index (κ1) is 7.90. The molecule has 0 heterocycles. The van der Waals surface area contributed by atoms with E-state index >= 15 is 0 Å². The maximum Gasteiger partial charge on any atom is 0.185 e. The molecule has 0 bridgehead atoms. The Kier molecular flexibility index (Phi) is 1.95. The third-order valence-corrected chi connectivity index (χ3v) is 2.94. The molecular formula is C9H17N3. The van der Waals surface area contributed by atoms with Crippen molar-refractivity contribution in [3.8, 4) is 0 Å². The Bertz CT molecular complexity index is 176. The highest BCUT2D eigenvalue weighted by molar-refractivity contribution is 5.75. The Labute approximate surface area is 73.2 Å². The molecule has 0 amide bonds. The topological polar surface area (TPSA) is 64.4 Å². The van der Waals surface area contributed by atoms with E-state index in [1.807, 2.05) is 0 Å². The third kappa shape index (κ3) is 1.90. The highest BCUT2D eigenvalue weighted by Gasteiger charge is 2.40. The van der Waals surface area contributed by atoms with E-state index in [0.717, 1.165) is 24.3 Å². The Morgan fingerprint density at radius 1 is 1.17 bits per heavy atom. The molecule has 2 fully saturated rings. The van der Waals surface area contributed by atoms with Gasteiger partial charge in [0.2, 0.25) is 0 Å². The van der Waals surface area contributed by atoms with Crippen LogP contribution in [0.1, 0.15) is 25.7 Å². The summed E-state index contributed by atoms with van der Waals surface area (Å²) in [5.41, 5.74) is 10.6. The molecule has 3 nitrogen and oxygen atoms in total. The van der Waals surface area contributed by atoms with Crippen molar-refractivity contribution in [1.29, 1.82) is 0 Å². The van der Waals surface area contributed by atoms with Crippen LogP contribution in [0.2, 0.25) is 0 Å². The molecule has 2 rings (SSSR count). The average molecular weight is 167 g/mol. The number of hydrogen-bond acceptors (Lipinski definition) is 1. The molecule has 3 heteroatoms. The van der Waals surface area contributed by atoms with Crippen molar-refractivity contribution in [3.63, 3.8) is 0 Å². The van der Waals surface area contributed by atoms with Gasteiger partial charge in [0.05, 0.1) is 0 Å². The summed E-state index contributed by atoms with van der Waals surface area (Å²) in [6.45, 7) is 0.873. The molecule has 12 heavy (non-hydrogen) atoms. The zero-order valence-corrected chi connectivity index (χ0v) is 7.37. The van der Waals surface area contributed by atoms with Gasteiger partial charge in [-0.25, -0.2) is 0 Å². The summed E-state index contributed by atoms with van der Waals surface area (Å²) in [5, 5.41) is 0. The van der Waals surface area contributed by atoms with Crippen LogP contribution in [0, 0.1) is 17.8 Å². The lowest BCUT2D eigenvalue weighted by atomic mass is 9.98. The van der Waals surface area contributed by atoms with E-state index in [0.29, 0.717) is 0 Å². The summed E-state index contributed by atoms with van der Waals surface area (Å²) in [4.78, 5) is 4.12. The SMILES string of the molecule is NC(N)=NCC(C1CC1)C1CC1. The number of aliphatic imine (C=N–C) groups is 1. The largest absolute Gasteiger partial charge is 0.370 e. The molecule has 0 radical (unpaired) electrons. The number of guanidine groups is 1. The van der Waals surface area contributed by atoms with E-state index in [9.17, 15) is 0 Å². The Morgan fingerprint density at radius 2 is 1.67 bits per heavy atom. The monoisotopic (exact) mass is 167 g/mol. The summed E-state index contributed by atoms with van der Waals surface area (Å²) in [5.74, 6) is 2.94. The molecule has 0 aromatic heterocycles. The maximum absolute atomic E-state index is 5.31. The van der Waals surface area contributed by atoms with Gasteiger partial charge in [0, 0.05) is 6.54 Å². The van der Waals surface area contributed by atoms with Crippen molar-refractivity contribution in [2.24, 2.45) is 34.2 Å². The molecule has 0 aromatic carbocycles. The molecule has 0 aromatic rings. The van der Waals surface area contributed by atoms with Gasteiger partial charge in [-0.3, -0.25) is 4.99 Å². The molecule has 2 saturated carbocycles. The van der Waals surface area contributed by atoms with Gasteiger partial charge in [-0.15, -0.1) is 0 Å². The zero-order valence-electron chi connectivity index (χ0n) is 7.37. The second kappa shape index (κ2) is 2.96. The van der Waals surface area contributed by atoms with Gasteiger partial charge in [0.25, 0.3) is 0 Å². The number of nitrogens with zero attached hydrogens (tertiary/aromatic N) is 1. The second-order valence-corrected chi connectivity index (χ2v) is 4.10. The van der Waals surface area contributed by atoms with Crippen LogP contribution in [0.3, 0.4) is 0 Å². The summed E-state index contributed by atoms with van der Waals surface area (Å²) in [6.07, 6.45) is 5.62. The summed E-state index contributed by atoms with van der Waals surface area (Å²) >= 11 is 0. The predicted octanol–water partition coefficient (Wildman–Crippen LogP) is 0.696. The lowest BCUT2D eigenvalue weighted by Crippen LogP contribution is -2.24. The van der Waals surface area contributed by atoms with Gasteiger partial charge in [-0.1, -0.05) is 0 Å². The normalized spacial score (nSPS) is 22.8. The maximum atomic E-state index is 5.31. The Morgan fingerprint density at radius 3 is 2.00 bits per heavy atom.